The van der Waals surface area contributed by atoms with Gasteiger partial charge in [0.1, 0.15) is 23.2 Å². The van der Waals surface area contributed by atoms with Crippen molar-refractivity contribution in [3.05, 3.63) is 64.8 Å². The SMILES string of the molecule is COc1cc(OC)c([C@H]2C(C#N)=C(N)Oc3n[nH]c(-c4ccc(F)cc4)c32)cc1OC. The second-order valence-electron chi connectivity index (χ2n) is 6.70. The molecule has 4 rings (SSSR count). The molecule has 0 unspecified atom stereocenters. The van der Waals surface area contributed by atoms with Crippen molar-refractivity contribution in [1.82, 2.24) is 10.2 Å². The Kier molecular flexibility index (Phi) is 5.13. The standard InChI is InChI=1S/C22H19FN4O4/c1-28-15-9-17(30-3)16(29-2)8-13(15)18-14(10-24)21(25)31-22-19(18)20(26-27-22)11-4-6-12(23)7-5-11/h4-9,18H,25H2,1-3H3,(H,26,27)/t18-/m0/s1. The number of hydrogen-bond acceptors (Lipinski definition) is 7. The van der Waals surface area contributed by atoms with Gasteiger partial charge in [-0.25, -0.2) is 4.39 Å². The Morgan fingerprint density at radius 3 is 2.32 bits per heavy atom. The molecule has 0 bridgehead atoms. The summed E-state index contributed by atoms with van der Waals surface area (Å²) < 4.78 is 35.5. The van der Waals surface area contributed by atoms with Crippen LogP contribution in [0, 0.1) is 17.1 Å². The summed E-state index contributed by atoms with van der Waals surface area (Å²) in [5.74, 6) is 0.496. The number of nitriles is 1. The van der Waals surface area contributed by atoms with Gasteiger partial charge in [-0.2, -0.15) is 5.26 Å². The van der Waals surface area contributed by atoms with Crippen LogP contribution in [0.25, 0.3) is 11.3 Å². The van der Waals surface area contributed by atoms with Crippen LogP contribution in [0.3, 0.4) is 0 Å². The summed E-state index contributed by atoms with van der Waals surface area (Å²) >= 11 is 0. The molecule has 0 amide bonds. The minimum Gasteiger partial charge on any atom is -0.496 e. The van der Waals surface area contributed by atoms with Gasteiger partial charge >= 0.3 is 0 Å². The molecule has 0 saturated heterocycles. The van der Waals surface area contributed by atoms with Crippen molar-refractivity contribution in [2.75, 3.05) is 21.3 Å². The fourth-order valence-electron chi connectivity index (χ4n) is 3.67. The second kappa shape index (κ2) is 7.91. The summed E-state index contributed by atoms with van der Waals surface area (Å²) in [6.07, 6.45) is 0. The smallest absolute Gasteiger partial charge is 0.244 e. The lowest BCUT2D eigenvalue weighted by molar-refractivity contribution is 0.346. The number of ether oxygens (including phenoxy) is 4. The first-order valence-corrected chi connectivity index (χ1v) is 9.24. The van der Waals surface area contributed by atoms with Crippen molar-refractivity contribution >= 4 is 0 Å². The predicted molar refractivity (Wildman–Crippen MR) is 109 cm³/mol. The molecule has 2 aromatic carbocycles. The molecule has 8 nitrogen and oxygen atoms in total. The first-order chi connectivity index (χ1) is 15.0. The van der Waals surface area contributed by atoms with Crippen LogP contribution >= 0.6 is 0 Å². The highest BCUT2D eigenvalue weighted by Crippen LogP contribution is 2.50. The molecule has 158 valence electrons. The molecule has 1 atom stereocenters. The Bertz CT molecular complexity index is 1210. The number of nitrogens with one attached hydrogen (secondary N) is 1. The van der Waals surface area contributed by atoms with E-state index in [0.29, 0.717) is 39.6 Å². The lowest BCUT2D eigenvalue weighted by Crippen LogP contribution is -2.21. The molecule has 3 aromatic rings. The maximum atomic E-state index is 13.5. The monoisotopic (exact) mass is 422 g/mol. The molecule has 0 fully saturated rings. The third-order valence-corrected chi connectivity index (χ3v) is 5.12. The van der Waals surface area contributed by atoms with E-state index in [9.17, 15) is 9.65 Å². The maximum Gasteiger partial charge on any atom is 0.244 e. The highest BCUT2D eigenvalue weighted by Gasteiger charge is 2.37. The molecule has 0 spiro atoms. The van der Waals surface area contributed by atoms with Gasteiger partial charge in [0.05, 0.1) is 38.5 Å². The number of fused-ring (bicyclic) bond motifs is 1. The van der Waals surface area contributed by atoms with Crippen LogP contribution in [0.5, 0.6) is 23.1 Å². The topological polar surface area (TPSA) is 115 Å². The number of rotatable bonds is 5. The van der Waals surface area contributed by atoms with E-state index in [-0.39, 0.29) is 23.2 Å². The molecule has 2 heterocycles. The van der Waals surface area contributed by atoms with Gasteiger partial charge in [0.15, 0.2) is 11.5 Å². The molecular weight excluding hydrogens is 403 g/mol. The van der Waals surface area contributed by atoms with Crippen molar-refractivity contribution < 1.29 is 23.3 Å². The van der Waals surface area contributed by atoms with Crippen molar-refractivity contribution in [3.8, 4) is 40.5 Å². The van der Waals surface area contributed by atoms with Crippen LogP contribution in [0.1, 0.15) is 17.0 Å². The Labute approximate surface area is 177 Å². The van der Waals surface area contributed by atoms with E-state index in [1.165, 1.54) is 33.5 Å². The fourth-order valence-corrected chi connectivity index (χ4v) is 3.67. The zero-order valence-electron chi connectivity index (χ0n) is 17.0. The minimum absolute atomic E-state index is 0.0611. The number of nitrogens with two attached hydrogens (primary N) is 1. The largest absolute Gasteiger partial charge is 0.496 e. The lowest BCUT2D eigenvalue weighted by atomic mass is 9.82. The number of aromatic nitrogens is 2. The average molecular weight is 422 g/mol. The summed E-state index contributed by atoms with van der Waals surface area (Å²) in [4.78, 5) is 0. The van der Waals surface area contributed by atoms with Crippen LogP contribution in [0.4, 0.5) is 4.39 Å². The molecular formula is C22H19FN4O4. The van der Waals surface area contributed by atoms with E-state index < -0.39 is 5.92 Å². The zero-order chi connectivity index (χ0) is 22.1. The second-order valence-corrected chi connectivity index (χ2v) is 6.70. The quantitative estimate of drug-likeness (QED) is 0.647. The number of aromatic amines is 1. The van der Waals surface area contributed by atoms with Crippen molar-refractivity contribution in [2.45, 2.75) is 5.92 Å². The number of hydrogen-bond donors (Lipinski definition) is 2. The van der Waals surface area contributed by atoms with Gasteiger partial charge in [-0.3, -0.25) is 5.10 Å². The molecule has 1 aromatic heterocycles. The number of halogens is 1. The zero-order valence-corrected chi connectivity index (χ0v) is 17.0. The third-order valence-electron chi connectivity index (χ3n) is 5.12. The molecule has 0 saturated carbocycles. The van der Waals surface area contributed by atoms with Gasteiger partial charge in [0.25, 0.3) is 0 Å². The third kappa shape index (κ3) is 3.28. The van der Waals surface area contributed by atoms with E-state index in [1.807, 2.05) is 0 Å². The summed E-state index contributed by atoms with van der Waals surface area (Å²) in [6, 6.07) is 11.4. The summed E-state index contributed by atoms with van der Waals surface area (Å²) in [6.45, 7) is 0. The van der Waals surface area contributed by atoms with Crippen molar-refractivity contribution in [3.63, 3.8) is 0 Å². The minimum atomic E-state index is -0.678. The van der Waals surface area contributed by atoms with Gasteiger partial charge in [-0.05, 0) is 30.3 Å². The first kappa shape index (κ1) is 20.1. The first-order valence-electron chi connectivity index (χ1n) is 9.24. The van der Waals surface area contributed by atoms with Crippen LogP contribution in [0.15, 0.2) is 47.9 Å². The van der Waals surface area contributed by atoms with Gasteiger partial charge in [0, 0.05) is 17.2 Å². The normalized spacial score (nSPS) is 15.0. The van der Waals surface area contributed by atoms with E-state index in [0.717, 1.165) is 0 Å². The van der Waals surface area contributed by atoms with Gasteiger partial charge < -0.3 is 24.7 Å². The number of nitrogens with zero attached hydrogens (tertiary/aromatic N) is 2. The van der Waals surface area contributed by atoms with Crippen LogP contribution in [-0.4, -0.2) is 31.5 Å². The number of methoxy groups -OCH3 is 3. The Hall–Kier alpha value is -4.19. The van der Waals surface area contributed by atoms with Crippen LogP contribution in [-0.2, 0) is 0 Å². The van der Waals surface area contributed by atoms with Crippen LogP contribution < -0.4 is 24.7 Å². The molecule has 31 heavy (non-hydrogen) atoms. The van der Waals surface area contributed by atoms with E-state index in [2.05, 4.69) is 16.3 Å². The van der Waals surface area contributed by atoms with E-state index >= 15 is 0 Å². The lowest BCUT2D eigenvalue weighted by Gasteiger charge is -2.26. The number of H-pyrrole nitrogens is 1. The Balaban J connectivity index is 2.00. The maximum absolute atomic E-state index is 13.5. The highest BCUT2D eigenvalue weighted by molar-refractivity contribution is 5.72. The van der Waals surface area contributed by atoms with Crippen molar-refractivity contribution in [1.29, 1.82) is 5.26 Å². The Morgan fingerprint density at radius 1 is 1.06 bits per heavy atom. The molecule has 0 radical (unpaired) electrons. The van der Waals surface area contributed by atoms with Gasteiger partial charge in [-0.15, -0.1) is 5.10 Å². The number of allylic oxidation sites excluding steroid dienone is 1. The molecule has 1 aliphatic rings. The predicted octanol–water partition coefficient (Wildman–Crippen LogP) is 3.46. The summed E-state index contributed by atoms with van der Waals surface area (Å²) in [5.41, 5.74) is 8.65. The molecule has 9 heteroatoms. The van der Waals surface area contributed by atoms with Crippen molar-refractivity contribution in [2.24, 2.45) is 5.73 Å². The highest BCUT2D eigenvalue weighted by atomic mass is 19.1. The summed E-state index contributed by atoms with van der Waals surface area (Å²) in [7, 11) is 4.55. The van der Waals surface area contributed by atoms with Gasteiger partial charge in [0.2, 0.25) is 11.8 Å². The summed E-state index contributed by atoms with van der Waals surface area (Å²) in [5, 5.41) is 17.0. The Morgan fingerprint density at radius 2 is 1.71 bits per heavy atom. The van der Waals surface area contributed by atoms with Crippen LogP contribution in [0.2, 0.25) is 0 Å². The fraction of sp³-hybridized carbons (Fsp3) is 0.182. The molecule has 1 aliphatic heterocycles. The molecule has 0 aliphatic carbocycles. The average Bonchev–Trinajstić information content (AvgIpc) is 3.20. The number of benzene rings is 2. The van der Waals surface area contributed by atoms with Gasteiger partial charge in [-0.1, -0.05) is 0 Å². The molecule has 3 N–H and O–H groups in total. The van der Waals surface area contributed by atoms with E-state index in [1.54, 1.807) is 24.3 Å². The van der Waals surface area contributed by atoms with E-state index in [4.69, 9.17) is 24.7 Å².